The van der Waals surface area contributed by atoms with E-state index in [-0.39, 0.29) is 11.9 Å². The van der Waals surface area contributed by atoms with Gasteiger partial charge in [0.1, 0.15) is 0 Å². The number of para-hydroxylation sites is 1. The van der Waals surface area contributed by atoms with E-state index in [1.807, 2.05) is 30.3 Å². The fraction of sp³-hybridized carbons (Fsp3) is 0.500. The van der Waals surface area contributed by atoms with Crippen molar-refractivity contribution >= 4 is 11.6 Å². The van der Waals surface area contributed by atoms with Crippen molar-refractivity contribution in [3.8, 4) is 0 Å². The third-order valence-electron chi connectivity index (χ3n) is 3.44. The van der Waals surface area contributed by atoms with E-state index in [1.165, 1.54) is 25.7 Å². The molecule has 17 heavy (non-hydrogen) atoms. The van der Waals surface area contributed by atoms with Crippen LogP contribution in [0.4, 0.5) is 5.69 Å². The molecule has 0 bridgehead atoms. The Morgan fingerprint density at radius 3 is 2.59 bits per heavy atom. The molecule has 2 rings (SSSR count). The highest BCUT2D eigenvalue weighted by Gasteiger charge is 2.22. The van der Waals surface area contributed by atoms with Crippen LogP contribution in [0.1, 0.15) is 32.1 Å². The lowest BCUT2D eigenvalue weighted by molar-refractivity contribution is -0.117. The number of rotatable bonds is 4. The second-order valence-corrected chi connectivity index (χ2v) is 4.85. The highest BCUT2D eigenvalue weighted by molar-refractivity contribution is 5.94. The average molecular weight is 232 g/mol. The summed E-state index contributed by atoms with van der Waals surface area (Å²) in [6.45, 7) is 0. The molecule has 1 aliphatic rings. The summed E-state index contributed by atoms with van der Waals surface area (Å²) < 4.78 is 0. The van der Waals surface area contributed by atoms with E-state index in [4.69, 9.17) is 5.73 Å². The summed E-state index contributed by atoms with van der Waals surface area (Å²) in [4.78, 5) is 11.9. The van der Waals surface area contributed by atoms with E-state index < -0.39 is 0 Å². The minimum absolute atomic E-state index is 0.0666. The summed E-state index contributed by atoms with van der Waals surface area (Å²) in [5, 5.41) is 2.85. The van der Waals surface area contributed by atoms with Crippen molar-refractivity contribution in [2.75, 3.05) is 5.32 Å². The van der Waals surface area contributed by atoms with E-state index in [0.29, 0.717) is 5.92 Å². The highest BCUT2D eigenvalue weighted by atomic mass is 16.2. The predicted molar refractivity (Wildman–Crippen MR) is 69.6 cm³/mol. The van der Waals surface area contributed by atoms with Crippen LogP contribution >= 0.6 is 0 Å². The molecule has 1 aromatic carbocycles. The molecule has 3 nitrogen and oxygen atoms in total. The van der Waals surface area contributed by atoms with Crippen LogP contribution in [0, 0.1) is 5.92 Å². The fourth-order valence-corrected chi connectivity index (χ4v) is 2.47. The number of carbonyl (C=O) groups excluding carboxylic acids is 1. The van der Waals surface area contributed by atoms with Crippen molar-refractivity contribution in [1.29, 1.82) is 0 Å². The Hall–Kier alpha value is -1.35. The monoisotopic (exact) mass is 232 g/mol. The summed E-state index contributed by atoms with van der Waals surface area (Å²) in [5.74, 6) is 0.578. The quantitative estimate of drug-likeness (QED) is 0.838. The number of anilines is 1. The second-order valence-electron chi connectivity index (χ2n) is 4.85. The predicted octanol–water partition coefficient (Wildman–Crippen LogP) is 2.53. The maximum absolute atomic E-state index is 11.9. The Labute approximate surface area is 102 Å². The van der Waals surface area contributed by atoms with Gasteiger partial charge < -0.3 is 11.1 Å². The summed E-state index contributed by atoms with van der Waals surface area (Å²) in [6.07, 6.45) is 5.85. The molecule has 3 N–H and O–H groups in total. The largest absolute Gasteiger partial charge is 0.325 e. The smallest absolute Gasteiger partial charge is 0.241 e. The third-order valence-corrected chi connectivity index (χ3v) is 3.44. The van der Waals surface area contributed by atoms with Gasteiger partial charge in [0.15, 0.2) is 0 Å². The van der Waals surface area contributed by atoms with Gasteiger partial charge in [0.25, 0.3) is 0 Å². The molecule has 0 spiro atoms. The first-order chi connectivity index (χ1) is 8.25. The van der Waals surface area contributed by atoms with Crippen molar-refractivity contribution < 1.29 is 4.79 Å². The van der Waals surface area contributed by atoms with Crippen molar-refractivity contribution in [1.82, 2.24) is 0 Å². The second kappa shape index (κ2) is 5.82. The van der Waals surface area contributed by atoms with Gasteiger partial charge in [0.2, 0.25) is 5.91 Å². The Morgan fingerprint density at radius 2 is 1.94 bits per heavy atom. The Kier molecular flexibility index (Phi) is 4.15. The van der Waals surface area contributed by atoms with E-state index in [2.05, 4.69) is 5.32 Å². The maximum Gasteiger partial charge on any atom is 0.241 e. The topological polar surface area (TPSA) is 55.1 Å². The number of benzene rings is 1. The number of nitrogens with two attached hydrogens (primary N) is 1. The number of hydrogen-bond acceptors (Lipinski definition) is 2. The molecule has 92 valence electrons. The zero-order chi connectivity index (χ0) is 12.1. The van der Waals surface area contributed by atoms with Gasteiger partial charge in [-0.2, -0.15) is 0 Å². The van der Waals surface area contributed by atoms with Crippen LogP contribution in [0.15, 0.2) is 30.3 Å². The normalized spacial score (nSPS) is 17.9. The van der Waals surface area contributed by atoms with E-state index in [9.17, 15) is 4.79 Å². The first kappa shape index (κ1) is 12.1. The summed E-state index contributed by atoms with van der Waals surface area (Å²) in [7, 11) is 0. The van der Waals surface area contributed by atoms with Gasteiger partial charge in [-0.05, 0) is 24.5 Å². The first-order valence-corrected chi connectivity index (χ1v) is 6.37. The van der Waals surface area contributed by atoms with Gasteiger partial charge in [0.05, 0.1) is 6.04 Å². The maximum atomic E-state index is 11.9. The number of hydrogen-bond donors (Lipinski definition) is 2. The SMILES string of the molecule is N[C@@H](CC1CCCC1)C(=O)Nc1ccccc1. The minimum atomic E-state index is -0.377. The van der Waals surface area contributed by atoms with Crippen LogP contribution in [0.2, 0.25) is 0 Å². The molecule has 0 aliphatic heterocycles. The summed E-state index contributed by atoms with van der Waals surface area (Å²) >= 11 is 0. The van der Waals surface area contributed by atoms with Crippen LogP contribution in [0.3, 0.4) is 0 Å². The lowest BCUT2D eigenvalue weighted by Gasteiger charge is -2.16. The molecule has 0 heterocycles. The summed E-state index contributed by atoms with van der Waals surface area (Å²) in [5.41, 5.74) is 6.75. The van der Waals surface area contributed by atoms with Crippen molar-refractivity contribution in [2.45, 2.75) is 38.1 Å². The van der Waals surface area contributed by atoms with Gasteiger partial charge >= 0.3 is 0 Å². The first-order valence-electron chi connectivity index (χ1n) is 6.37. The average Bonchev–Trinajstić information content (AvgIpc) is 2.83. The van der Waals surface area contributed by atoms with Gasteiger partial charge in [0, 0.05) is 5.69 Å². The molecule has 1 atom stereocenters. The zero-order valence-electron chi connectivity index (χ0n) is 10.1. The van der Waals surface area contributed by atoms with Crippen LogP contribution < -0.4 is 11.1 Å². The van der Waals surface area contributed by atoms with Crippen molar-refractivity contribution in [3.63, 3.8) is 0 Å². The van der Waals surface area contributed by atoms with E-state index in [0.717, 1.165) is 12.1 Å². The van der Waals surface area contributed by atoms with Gasteiger partial charge in [-0.3, -0.25) is 4.79 Å². The molecular weight excluding hydrogens is 212 g/mol. The van der Waals surface area contributed by atoms with Crippen LogP contribution in [0.5, 0.6) is 0 Å². The van der Waals surface area contributed by atoms with E-state index in [1.54, 1.807) is 0 Å². The summed E-state index contributed by atoms with van der Waals surface area (Å²) in [6, 6.07) is 9.10. The highest BCUT2D eigenvalue weighted by Crippen LogP contribution is 2.28. The molecule has 0 unspecified atom stereocenters. The lowest BCUT2D eigenvalue weighted by atomic mass is 9.98. The number of carbonyl (C=O) groups is 1. The molecular formula is C14H20N2O. The molecule has 1 saturated carbocycles. The van der Waals surface area contributed by atoms with Crippen molar-refractivity contribution in [3.05, 3.63) is 30.3 Å². The zero-order valence-corrected chi connectivity index (χ0v) is 10.1. The molecule has 1 aliphatic carbocycles. The van der Waals surface area contributed by atoms with Gasteiger partial charge in [-0.1, -0.05) is 43.9 Å². The van der Waals surface area contributed by atoms with Gasteiger partial charge in [-0.15, -0.1) is 0 Å². The Bertz CT molecular complexity index is 358. The Balaban J connectivity index is 1.82. The third kappa shape index (κ3) is 3.56. The molecule has 1 fully saturated rings. The number of amides is 1. The Morgan fingerprint density at radius 1 is 1.29 bits per heavy atom. The van der Waals surface area contributed by atoms with Crippen LogP contribution in [-0.4, -0.2) is 11.9 Å². The molecule has 3 heteroatoms. The minimum Gasteiger partial charge on any atom is -0.325 e. The fourth-order valence-electron chi connectivity index (χ4n) is 2.47. The number of nitrogens with one attached hydrogen (secondary N) is 1. The van der Waals surface area contributed by atoms with Crippen LogP contribution in [-0.2, 0) is 4.79 Å². The molecule has 0 aromatic heterocycles. The molecule has 1 aromatic rings. The van der Waals surface area contributed by atoms with Crippen LogP contribution in [0.25, 0.3) is 0 Å². The molecule has 1 amide bonds. The van der Waals surface area contributed by atoms with Gasteiger partial charge in [-0.25, -0.2) is 0 Å². The molecule has 0 radical (unpaired) electrons. The molecule has 0 saturated heterocycles. The standard InChI is InChI=1S/C14H20N2O/c15-13(10-11-6-4-5-7-11)14(17)16-12-8-2-1-3-9-12/h1-3,8-9,11,13H,4-7,10,15H2,(H,16,17)/t13-/m0/s1. The van der Waals surface area contributed by atoms with Crippen molar-refractivity contribution in [2.24, 2.45) is 11.7 Å². The van der Waals surface area contributed by atoms with E-state index >= 15 is 0 Å². The lowest BCUT2D eigenvalue weighted by Crippen LogP contribution is -2.37.